The van der Waals surface area contributed by atoms with Crippen LogP contribution >= 0.6 is 0 Å². The lowest BCUT2D eigenvalue weighted by Gasteiger charge is -2.10. The highest BCUT2D eigenvalue weighted by Crippen LogP contribution is 2.34. The quantitative estimate of drug-likeness (QED) is 0.686. The van der Waals surface area contributed by atoms with E-state index in [9.17, 15) is 4.79 Å². The third-order valence-corrected chi connectivity index (χ3v) is 4.44. The number of carbonyl (C=O) groups excluding carboxylic acids is 1. The van der Waals surface area contributed by atoms with E-state index in [-0.39, 0.29) is 5.78 Å². The van der Waals surface area contributed by atoms with Gasteiger partial charge in [0.05, 0.1) is 7.11 Å². The third-order valence-electron chi connectivity index (χ3n) is 4.44. The van der Waals surface area contributed by atoms with Crippen LogP contribution in [0, 0.1) is 0 Å². The maximum atomic E-state index is 11.9. The first-order valence-electron chi connectivity index (χ1n) is 7.49. The van der Waals surface area contributed by atoms with Crippen LogP contribution in [0.4, 0.5) is 0 Å². The minimum atomic E-state index is 0.266. The zero-order valence-electron chi connectivity index (χ0n) is 12.4. The number of benzene rings is 3. The van der Waals surface area contributed by atoms with Crippen molar-refractivity contribution in [2.24, 2.45) is 0 Å². The molecule has 3 aromatic carbocycles. The molecule has 0 fully saturated rings. The van der Waals surface area contributed by atoms with Gasteiger partial charge in [0, 0.05) is 12.0 Å². The largest absolute Gasteiger partial charge is 0.497 e. The third kappa shape index (κ3) is 2.00. The number of hydrogen-bond acceptors (Lipinski definition) is 2. The standard InChI is InChI=1S/C20H16O2/c1-22-16-8-7-13-11-15(6-5-14(13)12-16)17-3-2-4-19-18(17)9-10-20(19)21/h2-8,11-12H,9-10H2,1H3. The summed E-state index contributed by atoms with van der Waals surface area (Å²) >= 11 is 0. The van der Waals surface area contributed by atoms with E-state index in [2.05, 4.69) is 30.3 Å². The minimum absolute atomic E-state index is 0.266. The molecule has 108 valence electrons. The van der Waals surface area contributed by atoms with Gasteiger partial charge in [0.1, 0.15) is 5.75 Å². The Balaban J connectivity index is 1.87. The second-order valence-corrected chi connectivity index (χ2v) is 5.68. The van der Waals surface area contributed by atoms with Crippen molar-refractivity contribution in [1.29, 1.82) is 0 Å². The van der Waals surface area contributed by atoms with Gasteiger partial charge in [0.15, 0.2) is 5.78 Å². The van der Waals surface area contributed by atoms with Crippen molar-refractivity contribution in [3.05, 3.63) is 65.7 Å². The Hall–Kier alpha value is -2.61. The summed E-state index contributed by atoms with van der Waals surface area (Å²) in [7, 11) is 1.68. The van der Waals surface area contributed by atoms with Crippen LogP contribution in [0.25, 0.3) is 21.9 Å². The lowest BCUT2D eigenvalue weighted by Crippen LogP contribution is -1.92. The molecule has 2 nitrogen and oxygen atoms in total. The Morgan fingerprint density at radius 3 is 2.50 bits per heavy atom. The van der Waals surface area contributed by atoms with Crippen LogP contribution in [0.2, 0.25) is 0 Å². The summed E-state index contributed by atoms with van der Waals surface area (Å²) in [6, 6.07) is 18.6. The van der Waals surface area contributed by atoms with Crippen molar-refractivity contribution in [2.45, 2.75) is 12.8 Å². The lowest BCUT2D eigenvalue weighted by atomic mass is 9.95. The molecule has 0 aromatic heterocycles. The number of methoxy groups -OCH3 is 1. The fourth-order valence-corrected chi connectivity index (χ4v) is 3.28. The number of ether oxygens (including phenoxy) is 1. The Bertz CT molecular complexity index is 893. The summed E-state index contributed by atoms with van der Waals surface area (Å²) < 4.78 is 5.27. The van der Waals surface area contributed by atoms with Crippen molar-refractivity contribution in [3.63, 3.8) is 0 Å². The zero-order valence-corrected chi connectivity index (χ0v) is 12.4. The molecule has 0 unspecified atom stereocenters. The van der Waals surface area contributed by atoms with Crippen molar-refractivity contribution >= 4 is 16.6 Å². The highest BCUT2D eigenvalue weighted by atomic mass is 16.5. The van der Waals surface area contributed by atoms with Crippen LogP contribution in [0.3, 0.4) is 0 Å². The van der Waals surface area contributed by atoms with Crippen molar-refractivity contribution in [2.75, 3.05) is 7.11 Å². The average molecular weight is 288 g/mol. The molecule has 1 aliphatic rings. The molecule has 3 aromatic rings. The van der Waals surface area contributed by atoms with Gasteiger partial charge in [-0.05, 0) is 52.1 Å². The molecule has 0 bridgehead atoms. The minimum Gasteiger partial charge on any atom is -0.497 e. The van der Waals surface area contributed by atoms with E-state index in [1.807, 2.05) is 24.3 Å². The van der Waals surface area contributed by atoms with E-state index in [4.69, 9.17) is 4.74 Å². The summed E-state index contributed by atoms with van der Waals surface area (Å²) in [5.74, 6) is 1.13. The first-order valence-corrected chi connectivity index (χ1v) is 7.49. The molecule has 4 rings (SSSR count). The van der Waals surface area contributed by atoms with Gasteiger partial charge in [0.25, 0.3) is 0 Å². The molecule has 0 saturated heterocycles. The molecule has 1 aliphatic carbocycles. The van der Waals surface area contributed by atoms with Gasteiger partial charge in [-0.1, -0.05) is 36.4 Å². The Morgan fingerprint density at radius 1 is 0.864 bits per heavy atom. The number of carbonyl (C=O) groups is 1. The number of fused-ring (bicyclic) bond motifs is 2. The number of ketones is 1. The summed E-state index contributed by atoms with van der Waals surface area (Å²) in [5, 5.41) is 2.34. The van der Waals surface area contributed by atoms with E-state index in [0.29, 0.717) is 6.42 Å². The summed E-state index contributed by atoms with van der Waals surface area (Å²) in [5.41, 5.74) is 4.44. The molecule has 0 amide bonds. The van der Waals surface area contributed by atoms with Gasteiger partial charge in [0.2, 0.25) is 0 Å². The van der Waals surface area contributed by atoms with Gasteiger partial charge in [-0.25, -0.2) is 0 Å². The molecular formula is C20H16O2. The fraction of sp³-hybridized carbons (Fsp3) is 0.150. The monoisotopic (exact) mass is 288 g/mol. The second-order valence-electron chi connectivity index (χ2n) is 5.68. The molecule has 0 spiro atoms. The topological polar surface area (TPSA) is 26.3 Å². The molecule has 0 aliphatic heterocycles. The van der Waals surface area contributed by atoms with Crippen molar-refractivity contribution in [3.8, 4) is 16.9 Å². The molecule has 0 saturated carbocycles. The van der Waals surface area contributed by atoms with E-state index in [0.717, 1.165) is 23.1 Å². The van der Waals surface area contributed by atoms with Crippen LogP contribution in [0.5, 0.6) is 5.75 Å². The molecule has 0 heterocycles. The molecule has 2 heteroatoms. The van der Waals surface area contributed by atoms with Crippen LogP contribution in [-0.2, 0) is 6.42 Å². The second kappa shape index (κ2) is 4.99. The lowest BCUT2D eigenvalue weighted by molar-refractivity contribution is 0.0994. The van der Waals surface area contributed by atoms with E-state index < -0.39 is 0 Å². The number of Topliss-reactive ketones (excluding diaryl/α,β-unsaturated/α-hetero) is 1. The van der Waals surface area contributed by atoms with Crippen LogP contribution in [-0.4, -0.2) is 12.9 Å². The Kier molecular flexibility index (Phi) is 2.97. The van der Waals surface area contributed by atoms with E-state index >= 15 is 0 Å². The number of hydrogen-bond donors (Lipinski definition) is 0. The molecule has 0 radical (unpaired) electrons. The van der Waals surface area contributed by atoms with Crippen molar-refractivity contribution in [1.82, 2.24) is 0 Å². The predicted molar refractivity (Wildman–Crippen MR) is 88.6 cm³/mol. The molecular weight excluding hydrogens is 272 g/mol. The Labute approximate surface area is 129 Å². The predicted octanol–water partition coefficient (Wildman–Crippen LogP) is 4.64. The molecule has 22 heavy (non-hydrogen) atoms. The first kappa shape index (κ1) is 13.1. The highest BCUT2D eigenvalue weighted by molar-refractivity contribution is 6.02. The van der Waals surface area contributed by atoms with E-state index in [1.54, 1.807) is 7.11 Å². The van der Waals surface area contributed by atoms with E-state index in [1.165, 1.54) is 22.1 Å². The molecule has 0 atom stereocenters. The highest BCUT2D eigenvalue weighted by Gasteiger charge is 2.22. The van der Waals surface area contributed by atoms with Gasteiger partial charge in [-0.2, -0.15) is 0 Å². The van der Waals surface area contributed by atoms with Crippen LogP contribution in [0.15, 0.2) is 54.6 Å². The van der Waals surface area contributed by atoms with Gasteiger partial charge >= 0.3 is 0 Å². The normalized spacial score (nSPS) is 13.4. The Morgan fingerprint density at radius 2 is 1.64 bits per heavy atom. The SMILES string of the molecule is COc1ccc2cc(-c3cccc4c3CCC4=O)ccc2c1. The molecule has 0 N–H and O–H groups in total. The maximum Gasteiger partial charge on any atom is 0.163 e. The van der Waals surface area contributed by atoms with Gasteiger partial charge < -0.3 is 4.74 Å². The smallest absolute Gasteiger partial charge is 0.163 e. The van der Waals surface area contributed by atoms with Crippen molar-refractivity contribution < 1.29 is 9.53 Å². The van der Waals surface area contributed by atoms with Gasteiger partial charge in [-0.3, -0.25) is 4.79 Å². The maximum absolute atomic E-state index is 11.9. The average Bonchev–Trinajstić information content (AvgIpc) is 2.95. The van der Waals surface area contributed by atoms with Gasteiger partial charge in [-0.15, -0.1) is 0 Å². The fourth-order valence-electron chi connectivity index (χ4n) is 3.28. The number of rotatable bonds is 2. The van der Waals surface area contributed by atoms with Crippen LogP contribution < -0.4 is 4.74 Å². The first-order chi connectivity index (χ1) is 10.8. The zero-order chi connectivity index (χ0) is 15.1. The summed E-state index contributed by atoms with van der Waals surface area (Å²) in [6.07, 6.45) is 1.49. The summed E-state index contributed by atoms with van der Waals surface area (Å²) in [6.45, 7) is 0. The summed E-state index contributed by atoms with van der Waals surface area (Å²) in [4.78, 5) is 11.9. The van der Waals surface area contributed by atoms with Crippen LogP contribution in [0.1, 0.15) is 22.3 Å².